The van der Waals surface area contributed by atoms with Crippen molar-refractivity contribution in [3.63, 3.8) is 0 Å². The van der Waals surface area contributed by atoms with Crippen molar-refractivity contribution in [2.24, 2.45) is 5.92 Å². The third-order valence-corrected chi connectivity index (χ3v) is 3.96. The predicted octanol–water partition coefficient (Wildman–Crippen LogP) is 3.11. The second-order valence-corrected chi connectivity index (χ2v) is 6.53. The molecule has 114 valence electrons. The Labute approximate surface area is 119 Å². The number of ether oxygens (including phenoxy) is 1. The van der Waals surface area contributed by atoms with Crippen LogP contribution in [-0.2, 0) is 4.74 Å². The molecule has 1 saturated carbocycles. The highest BCUT2D eigenvalue weighted by molar-refractivity contribution is 4.69. The van der Waals surface area contributed by atoms with Crippen LogP contribution < -0.4 is 5.32 Å². The minimum atomic E-state index is -0.372. The van der Waals surface area contributed by atoms with Crippen LogP contribution in [0.25, 0.3) is 0 Å². The Morgan fingerprint density at radius 3 is 2.42 bits per heavy atom. The van der Waals surface area contributed by atoms with E-state index in [1.54, 1.807) is 0 Å². The molecular weight excluding hydrogens is 238 g/mol. The van der Waals surface area contributed by atoms with Gasteiger partial charge in [0.25, 0.3) is 0 Å². The van der Waals surface area contributed by atoms with E-state index in [-0.39, 0.29) is 6.10 Å². The van der Waals surface area contributed by atoms with Crippen molar-refractivity contribution in [1.29, 1.82) is 0 Å². The molecule has 1 rings (SSSR count). The van der Waals surface area contributed by atoms with Gasteiger partial charge in [-0.15, -0.1) is 0 Å². The standard InChI is InChI=1S/C16H33NO2/c1-13(2)9-10-14(3)17-11-15(18)12-19-16-7-5-4-6-8-16/h13-18H,4-12H2,1-3H3/t14-,15-/m1/s1. The van der Waals surface area contributed by atoms with Gasteiger partial charge in [-0.3, -0.25) is 0 Å². The van der Waals surface area contributed by atoms with Crippen LogP contribution in [0.15, 0.2) is 0 Å². The molecule has 2 N–H and O–H groups in total. The second kappa shape index (κ2) is 9.73. The van der Waals surface area contributed by atoms with Crippen molar-refractivity contribution >= 4 is 0 Å². The molecule has 2 atom stereocenters. The van der Waals surface area contributed by atoms with Gasteiger partial charge in [0.1, 0.15) is 0 Å². The topological polar surface area (TPSA) is 41.5 Å². The summed E-state index contributed by atoms with van der Waals surface area (Å²) in [5.74, 6) is 0.754. The van der Waals surface area contributed by atoms with Crippen LogP contribution in [0, 0.1) is 5.92 Å². The first-order valence-electron chi connectivity index (χ1n) is 8.11. The van der Waals surface area contributed by atoms with Gasteiger partial charge in [0.05, 0.1) is 18.8 Å². The largest absolute Gasteiger partial charge is 0.389 e. The van der Waals surface area contributed by atoms with Gasteiger partial charge in [-0.1, -0.05) is 33.1 Å². The molecule has 19 heavy (non-hydrogen) atoms. The molecule has 1 aliphatic carbocycles. The Kier molecular flexibility index (Phi) is 8.67. The lowest BCUT2D eigenvalue weighted by atomic mass is 9.98. The van der Waals surface area contributed by atoms with Crippen LogP contribution in [0.5, 0.6) is 0 Å². The van der Waals surface area contributed by atoms with Gasteiger partial charge in [0.2, 0.25) is 0 Å². The quantitative estimate of drug-likeness (QED) is 0.677. The SMILES string of the molecule is CC(C)CC[C@@H](C)NC[C@@H](O)COC1CCCCC1. The summed E-state index contributed by atoms with van der Waals surface area (Å²) in [6, 6.07) is 0.478. The average molecular weight is 271 g/mol. The normalized spacial score (nSPS) is 20.7. The maximum Gasteiger partial charge on any atom is 0.0897 e. The van der Waals surface area contributed by atoms with Crippen LogP contribution >= 0.6 is 0 Å². The minimum Gasteiger partial charge on any atom is -0.389 e. The smallest absolute Gasteiger partial charge is 0.0897 e. The summed E-state index contributed by atoms with van der Waals surface area (Å²) in [5.41, 5.74) is 0. The maximum atomic E-state index is 9.92. The number of nitrogens with one attached hydrogen (secondary N) is 1. The Morgan fingerprint density at radius 1 is 1.11 bits per heavy atom. The van der Waals surface area contributed by atoms with Gasteiger partial charge in [-0.25, -0.2) is 0 Å². The van der Waals surface area contributed by atoms with Crippen LogP contribution in [0.1, 0.15) is 65.7 Å². The molecule has 0 radical (unpaired) electrons. The first kappa shape index (κ1) is 16.9. The molecule has 0 aromatic rings. The van der Waals surface area contributed by atoms with E-state index in [9.17, 15) is 5.11 Å². The van der Waals surface area contributed by atoms with Crippen molar-refractivity contribution in [3.05, 3.63) is 0 Å². The van der Waals surface area contributed by atoms with Crippen molar-refractivity contribution < 1.29 is 9.84 Å². The predicted molar refractivity (Wildman–Crippen MR) is 80.4 cm³/mol. The van der Waals surface area contributed by atoms with E-state index in [1.807, 2.05) is 0 Å². The van der Waals surface area contributed by atoms with Crippen LogP contribution in [0.2, 0.25) is 0 Å². The summed E-state index contributed by atoms with van der Waals surface area (Å²) < 4.78 is 5.79. The van der Waals surface area contributed by atoms with Crippen molar-refractivity contribution in [3.8, 4) is 0 Å². The highest BCUT2D eigenvalue weighted by Gasteiger charge is 2.15. The summed E-state index contributed by atoms with van der Waals surface area (Å²) in [7, 11) is 0. The number of aliphatic hydroxyl groups is 1. The third-order valence-electron chi connectivity index (χ3n) is 3.96. The summed E-state index contributed by atoms with van der Waals surface area (Å²) in [4.78, 5) is 0. The lowest BCUT2D eigenvalue weighted by Gasteiger charge is -2.24. The van der Waals surface area contributed by atoms with E-state index >= 15 is 0 Å². The lowest BCUT2D eigenvalue weighted by Crippen LogP contribution is -2.37. The third kappa shape index (κ3) is 8.61. The molecule has 0 heterocycles. The fourth-order valence-electron chi connectivity index (χ4n) is 2.56. The van der Waals surface area contributed by atoms with Gasteiger partial charge in [-0.05, 0) is 38.5 Å². The Morgan fingerprint density at radius 2 is 1.79 bits per heavy atom. The van der Waals surface area contributed by atoms with Crippen molar-refractivity contribution in [1.82, 2.24) is 5.32 Å². The molecule has 0 aliphatic heterocycles. The zero-order valence-corrected chi connectivity index (χ0v) is 13.0. The zero-order chi connectivity index (χ0) is 14.1. The summed E-state index contributed by atoms with van der Waals surface area (Å²) in [5, 5.41) is 13.3. The number of hydrogen-bond acceptors (Lipinski definition) is 3. The Bertz CT molecular complexity index is 215. The number of rotatable bonds is 9. The number of hydrogen-bond donors (Lipinski definition) is 2. The zero-order valence-electron chi connectivity index (χ0n) is 13.0. The van der Waals surface area contributed by atoms with E-state index in [1.165, 1.54) is 44.9 Å². The molecule has 0 aromatic heterocycles. The first-order valence-corrected chi connectivity index (χ1v) is 8.11. The van der Waals surface area contributed by atoms with Crippen molar-refractivity contribution in [2.75, 3.05) is 13.2 Å². The molecule has 0 unspecified atom stereocenters. The molecule has 0 saturated heterocycles. The minimum absolute atomic E-state index is 0.372. The first-order chi connectivity index (χ1) is 9.08. The van der Waals surface area contributed by atoms with E-state index < -0.39 is 0 Å². The molecule has 0 aromatic carbocycles. The Balaban J connectivity index is 2.01. The fourth-order valence-corrected chi connectivity index (χ4v) is 2.56. The maximum absolute atomic E-state index is 9.92. The summed E-state index contributed by atoms with van der Waals surface area (Å²) in [6.07, 6.45) is 8.69. The molecular formula is C16H33NO2. The molecule has 1 fully saturated rings. The van der Waals surface area contributed by atoms with E-state index in [0.717, 1.165) is 5.92 Å². The summed E-state index contributed by atoms with van der Waals surface area (Å²) in [6.45, 7) is 7.82. The van der Waals surface area contributed by atoms with Gasteiger partial charge >= 0.3 is 0 Å². The average Bonchev–Trinajstić information content (AvgIpc) is 2.41. The monoisotopic (exact) mass is 271 g/mol. The van der Waals surface area contributed by atoms with Gasteiger partial charge < -0.3 is 15.2 Å². The molecule has 3 nitrogen and oxygen atoms in total. The Hall–Kier alpha value is -0.120. The molecule has 1 aliphatic rings. The number of aliphatic hydroxyl groups excluding tert-OH is 1. The molecule has 0 spiro atoms. The van der Waals surface area contributed by atoms with Crippen LogP contribution in [0.3, 0.4) is 0 Å². The highest BCUT2D eigenvalue weighted by atomic mass is 16.5. The summed E-state index contributed by atoms with van der Waals surface area (Å²) >= 11 is 0. The molecule has 0 bridgehead atoms. The van der Waals surface area contributed by atoms with Crippen molar-refractivity contribution in [2.45, 2.75) is 84.0 Å². The van der Waals surface area contributed by atoms with E-state index in [2.05, 4.69) is 26.1 Å². The van der Waals surface area contributed by atoms with Crippen LogP contribution in [-0.4, -0.2) is 36.5 Å². The van der Waals surface area contributed by atoms with Gasteiger partial charge in [0, 0.05) is 12.6 Å². The van der Waals surface area contributed by atoms with E-state index in [4.69, 9.17) is 4.74 Å². The molecule has 3 heteroatoms. The lowest BCUT2D eigenvalue weighted by molar-refractivity contribution is -0.0235. The highest BCUT2D eigenvalue weighted by Crippen LogP contribution is 2.20. The molecule has 0 amide bonds. The van der Waals surface area contributed by atoms with Crippen LogP contribution in [0.4, 0.5) is 0 Å². The fraction of sp³-hybridized carbons (Fsp3) is 1.00. The van der Waals surface area contributed by atoms with Gasteiger partial charge in [-0.2, -0.15) is 0 Å². The van der Waals surface area contributed by atoms with Gasteiger partial charge in [0.15, 0.2) is 0 Å². The van der Waals surface area contributed by atoms with E-state index in [0.29, 0.717) is 25.3 Å². The second-order valence-electron chi connectivity index (χ2n) is 6.53.